The molecular formula is C12H15NO2S. The molecule has 1 N–H and O–H groups in total. The van der Waals surface area contributed by atoms with Crippen molar-refractivity contribution in [2.24, 2.45) is 0 Å². The summed E-state index contributed by atoms with van der Waals surface area (Å²) in [5.41, 5.74) is 0. The van der Waals surface area contributed by atoms with Gasteiger partial charge in [-0.25, -0.2) is 8.42 Å². The van der Waals surface area contributed by atoms with Gasteiger partial charge in [-0.3, -0.25) is 0 Å². The molecule has 1 rings (SSSR count). The number of sulfone groups is 1. The van der Waals surface area contributed by atoms with Crippen LogP contribution >= 0.6 is 0 Å². The number of terminal acetylenes is 1. The van der Waals surface area contributed by atoms with E-state index in [1.54, 1.807) is 37.3 Å². The third-order valence-corrected chi connectivity index (χ3v) is 4.42. The van der Waals surface area contributed by atoms with Gasteiger partial charge in [-0.1, -0.05) is 24.1 Å². The second-order valence-electron chi connectivity index (χ2n) is 3.50. The first-order valence-electron chi connectivity index (χ1n) is 5.02. The van der Waals surface area contributed by atoms with Crippen LogP contribution in [0.2, 0.25) is 0 Å². The van der Waals surface area contributed by atoms with E-state index in [9.17, 15) is 8.42 Å². The average molecular weight is 237 g/mol. The van der Waals surface area contributed by atoms with Crippen LogP contribution in [0.3, 0.4) is 0 Å². The van der Waals surface area contributed by atoms with Gasteiger partial charge in [-0.2, -0.15) is 0 Å². The molecule has 1 aromatic rings. The summed E-state index contributed by atoms with van der Waals surface area (Å²) in [7, 11) is -3.25. The lowest BCUT2D eigenvalue weighted by Gasteiger charge is -2.12. The summed E-state index contributed by atoms with van der Waals surface area (Å²) in [5.74, 6) is 2.41. The van der Waals surface area contributed by atoms with Crippen LogP contribution in [0.5, 0.6) is 0 Å². The molecule has 0 radical (unpaired) electrons. The third kappa shape index (κ3) is 3.09. The first-order chi connectivity index (χ1) is 7.59. The van der Waals surface area contributed by atoms with Gasteiger partial charge >= 0.3 is 0 Å². The molecule has 0 saturated heterocycles. The first-order valence-corrected chi connectivity index (χ1v) is 6.57. The molecule has 0 aliphatic carbocycles. The van der Waals surface area contributed by atoms with Crippen molar-refractivity contribution < 1.29 is 8.42 Å². The largest absolute Gasteiger partial charge is 0.305 e. The monoisotopic (exact) mass is 237 g/mol. The summed E-state index contributed by atoms with van der Waals surface area (Å²) in [6.07, 6.45) is 5.07. The Labute approximate surface area is 96.8 Å². The minimum absolute atomic E-state index is 0.352. The van der Waals surface area contributed by atoms with Crippen molar-refractivity contribution in [1.82, 2.24) is 5.32 Å². The molecule has 1 atom stereocenters. The number of hydrogen-bond acceptors (Lipinski definition) is 3. The Morgan fingerprint density at radius 2 is 2.00 bits per heavy atom. The molecule has 0 aliphatic rings. The van der Waals surface area contributed by atoms with E-state index in [2.05, 4.69) is 11.2 Å². The van der Waals surface area contributed by atoms with Crippen molar-refractivity contribution in [3.8, 4) is 12.3 Å². The summed E-state index contributed by atoms with van der Waals surface area (Å²) in [4.78, 5) is 0.352. The molecule has 0 fully saturated rings. The van der Waals surface area contributed by atoms with E-state index in [1.807, 2.05) is 0 Å². The fourth-order valence-corrected chi connectivity index (χ4v) is 2.64. The standard InChI is InChI=1S/C12H15NO2S/c1-3-9-13-10-11(2)16(14,15)12-7-5-4-6-8-12/h1,4-8,11,13H,9-10H2,2H3. The minimum Gasteiger partial charge on any atom is -0.305 e. The molecule has 4 heteroatoms. The molecule has 0 aromatic heterocycles. The van der Waals surface area contributed by atoms with E-state index >= 15 is 0 Å². The fraction of sp³-hybridized carbons (Fsp3) is 0.333. The predicted octanol–water partition coefficient (Wildman–Crippen LogP) is 1.07. The molecule has 0 aliphatic heterocycles. The van der Waals surface area contributed by atoms with Crippen LogP contribution in [0.1, 0.15) is 6.92 Å². The maximum atomic E-state index is 12.0. The van der Waals surface area contributed by atoms with Crippen molar-refractivity contribution >= 4 is 9.84 Å². The van der Waals surface area contributed by atoms with Gasteiger partial charge in [0.05, 0.1) is 16.7 Å². The zero-order chi connectivity index (χ0) is 12.0. The van der Waals surface area contributed by atoms with Gasteiger partial charge in [-0.05, 0) is 19.1 Å². The van der Waals surface area contributed by atoms with E-state index < -0.39 is 15.1 Å². The number of rotatable bonds is 5. The zero-order valence-electron chi connectivity index (χ0n) is 9.18. The van der Waals surface area contributed by atoms with Crippen molar-refractivity contribution in [1.29, 1.82) is 0 Å². The van der Waals surface area contributed by atoms with Crippen LogP contribution in [0.4, 0.5) is 0 Å². The number of nitrogens with one attached hydrogen (secondary N) is 1. The second-order valence-corrected chi connectivity index (χ2v) is 5.87. The van der Waals surface area contributed by atoms with E-state index in [4.69, 9.17) is 6.42 Å². The van der Waals surface area contributed by atoms with Crippen molar-refractivity contribution in [2.75, 3.05) is 13.1 Å². The second kappa shape index (κ2) is 5.69. The topological polar surface area (TPSA) is 46.2 Å². The van der Waals surface area contributed by atoms with Crippen LogP contribution in [0.15, 0.2) is 35.2 Å². The van der Waals surface area contributed by atoms with E-state index in [0.717, 1.165) is 0 Å². The molecule has 0 bridgehead atoms. The smallest absolute Gasteiger partial charge is 0.182 e. The van der Waals surface area contributed by atoms with Gasteiger partial charge in [-0.15, -0.1) is 6.42 Å². The molecule has 86 valence electrons. The Kier molecular flexibility index (Phi) is 4.53. The van der Waals surface area contributed by atoms with Gasteiger partial charge in [0.2, 0.25) is 0 Å². The lowest BCUT2D eigenvalue weighted by atomic mass is 10.4. The van der Waals surface area contributed by atoms with Crippen LogP contribution in [-0.2, 0) is 9.84 Å². The molecule has 3 nitrogen and oxygen atoms in total. The van der Waals surface area contributed by atoms with Crippen LogP contribution in [0.25, 0.3) is 0 Å². The molecule has 0 heterocycles. The van der Waals surface area contributed by atoms with Crippen LogP contribution in [-0.4, -0.2) is 26.8 Å². The SMILES string of the molecule is C#CCNCC(C)S(=O)(=O)c1ccccc1. The summed E-state index contributed by atoms with van der Waals surface area (Å²) >= 11 is 0. The summed E-state index contributed by atoms with van der Waals surface area (Å²) in [5, 5.41) is 2.41. The highest BCUT2D eigenvalue weighted by Crippen LogP contribution is 2.14. The van der Waals surface area contributed by atoms with Gasteiger partial charge in [0.15, 0.2) is 9.84 Å². The Bertz CT molecular complexity index is 460. The Balaban J connectivity index is 2.75. The highest BCUT2D eigenvalue weighted by atomic mass is 32.2. The van der Waals surface area contributed by atoms with Gasteiger partial charge in [0.25, 0.3) is 0 Å². The normalized spacial score (nSPS) is 13.0. The van der Waals surface area contributed by atoms with Gasteiger partial charge in [0, 0.05) is 6.54 Å². The Morgan fingerprint density at radius 3 is 2.56 bits per heavy atom. The number of hydrogen-bond donors (Lipinski definition) is 1. The summed E-state index contributed by atoms with van der Waals surface area (Å²) < 4.78 is 24.1. The Hall–Kier alpha value is -1.31. The van der Waals surface area contributed by atoms with Gasteiger partial charge in [0.1, 0.15) is 0 Å². The first kappa shape index (κ1) is 12.8. The van der Waals surface area contributed by atoms with E-state index in [0.29, 0.717) is 18.0 Å². The quantitative estimate of drug-likeness (QED) is 0.615. The van der Waals surface area contributed by atoms with Crippen LogP contribution < -0.4 is 5.32 Å². The summed E-state index contributed by atoms with van der Waals surface area (Å²) in [6.45, 7) is 2.42. The Morgan fingerprint density at radius 1 is 1.38 bits per heavy atom. The predicted molar refractivity (Wildman–Crippen MR) is 64.8 cm³/mol. The fourth-order valence-electron chi connectivity index (χ4n) is 1.30. The minimum atomic E-state index is -3.25. The maximum Gasteiger partial charge on any atom is 0.182 e. The molecule has 16 heavy (non-hydrogen) atoms. The lowest BCUT2D eigenvalue weighted by Crippen LogP contribution is -2.31. The summed E-state index contributed by atoms with van der Waals surface area (Å²) in [6, 6.07) is 8.43. The maximum absolute atomic E-state index is 12.0. The van der Waals surface area contributed by atoms with Crippen molar-refractivity contribution in [2.45, 2.75) is 17.1 Å². The molecule has 0 spiro atoms. The van der Waals surface area contributed by atoms with Crippen LogP contribution in [0, 0.1) is 12.3 Å². The van der Waals surface area contributed by atoms with E-state index in [-0.39, 0.29) is 0 Å². The average Bonchev–Trinajstić information content (AvgIpc) is 2.30. The number of benzene rings is 1. The molecule has 0 amide bonds. The van der Waals surface area contributed by atoms with Crippen molar-refractivity contribution in [3.63, 3.8) is 0 Å². The molecular weight excluding hydrogens is 222 g/mol. The van der Waals surface area contributed by atoms with E-state index in [1.165, 1.54) is 0 Å². The van der Waals surface area contributed by atoms with Gasteiger partial charge < -0.3 is 5.32 Å². The van der Waals surface area contributed by atoms with Crippen molar-refractivity contribution in [3.05, 3.63) is 30.3 Å². The zero-order valence-corrected chi connectivity index (χ0v) is 10.00. The molecule has 1 aromatic carbocycles. The third-order valence-electron chi connectivity index (χ3n) is 2.26. The highest BCUT2D eigenvalue weighted by molar-refractivity contribution is 7.92. The molecule has 1 unspecified atom stereocenters. The highest BCUT2D eigenvalue weighted by Gasteiger charge is 2.22. The molecule has 0 saturated carbocycles. The lowest BCUT2D eigenvalue weighted by molar-refractivity contribution is 0.576.